The van der Waals surface area contributed by atoms with Crippen LogP contribution in [0.15, 0.2) is 54.6 Å². The van der Waals surface area contributed by atoms with E-state index in [9.17, 15) is 10.2 Å². The lowest BCUT2D eigenvalue weighted by Crippen LogP contribution is -2.42. The van der Waals surface area contributed by atoms with Crippen LogP contribution in [0.4, 0.5) is 0 Å². The molecule has 0 bridgehead atoms. The summed E-state index contributed by atoms with van der Waals surface area (Å²) in [6.07, 6.45) is -1.63. The van der Waals surface area contributed by atoms with E-state index in [0.29, 0.717) is 17.9 Å². The van der Waals surface area contributed by atoms with Crippen molar-refractivity contribution in [3.63, 3.8) is 0 Å². The maximum absolute atomic E-state index is 10.4. The molecule has 2 N–H and O–H groups in total. The largest absolute Gasteiger partial charge is 0.390 e. The molecule has 32 heavy (non-hydrogen) atoms. The predicted octanol–water partition coefficient (Wildman–Crippen LogP) is 4.57. The third kappa shape index (κ3) is 4.27. The summed E-state index contributed by atoms with van der Waals surface area (Å²) in [5, 5.41) is 32.5. The lowest BCUT2D eigenvalue weighted by molar-refractivity contribution is -0.166. The summed E-state index contributed by atoms with van der Waals surface area (Å²) in [4.78, 5) is 4.70. The maximum Gasteiger partial charge on any atom is 0.166 e. The van der Waals surface area contributed by atoms with Crippen molar-refractivity contribution in [3.8, 4) is 10.7 Å². The van der Waals surface area contributed by atoms with Gasteiger partial charge in [-0.3, -0.25) is 0 Å². The fourth-order valence-electron chi connectivity index (χ4n) is 4.03. The van der Waals surface area contributed by atoms with Crippen molar-refractivity contribution in [1.82, 2.24) is 15.2 Å². The lowest BCUT2D eigenvalue weighted by atomic mass is 9.92. The molecule has 0 amide bonds. The van der Waals surface area contributed by atoms with Gasteiger partial charge < -0.3 is 14.9 Å². The highest BCUT2D eigenvalue weighted by atomic mass is 35.5. The first kappa shape index (κ1) is 21.4. The molecule has 4 atom stereocenters. The van der Waals surface area contributed by atoms with E-state index >= 15 is 0 Å². The van der Waals surface area contributed by atoms with Crippen LogP contribution in [-0.2, 0) is 11.2 Å². The first-order valence-electron chi connectivity index (χ1n) is 10.5. The summed E-state index contributed by atoms with van der Waals surface area (Å²) in [5.74, 6) is 0. The molecule has 4 aromatic rings. The zero-order chi connectivity index (χ0) is 22.2. The standard InChI is InChI=1S/C24H22ClN3O3S/c1-13-10-20(29)22(30)23(31-13)15-6-8-17(25)16(11-15)12-21-27-28-24(32-21)19-9-7-14-4-2-3-5-18(14)26-19/h2-9,11,13,20,22-23,29-30H,10,12H2,1H3/t13-,20+,22-,23+/m1/s1. The molecule has 8 heteroatoms. The summed E-state index contributed by atoms with van der Waals surface area (Å²) >= 11 is 7.94. The van der Waals surface area contributed by atoms with Crippen molar-refractivity contribution in [2.45, 2.75) is 44.2 Å². The third-order valence-electron chi connectivity index (χ3n) is 5.68. The number of hydrogen-bond donors (Lipinski definition) is 2. The highest BCUT2D eigenvalue weighted by Gasteiger charge is 2.36. The topological polar surface area (TPSA) is 88.4 Å². The molecular weight excluding hydrogens is 446 g/mol. The first-order chi connectivity index (χ1) is 15.5. The minimum atomic E-state index is -0.979. The second-order valence-electron chi connectivity index (χ2n) is 8.08. The Kier molecular flexibility index (Phi) is 5.92. The Morgan fingerprint density at radius 2 is 1.94 bits per heavy atom. The van der Waals surface area contributed by atoms with E-state index in [1.807, 2.05) is 55.5 Å². The predicted molar refractivity (Wildman–Crippen MR) is 125 cm³/mol. The normalized spacial score (nSPS) is 23.5. The Morgan fingerprint density at radius 3 is 2.81 bits per heavy atom. The first-order valence-corrected chi connectivity index (χ1v) is 11.7. The van der Waals surface area contributed by atoms with Gasteiger partial charge in [0, 0.05) is 23.3 Å². The molecule has 0 unspecified atom stereocenters. The Morgan fingerprint density at radius 1 is 1.09 bits per heavy atom. The molecule has 1 aliphatic rings. The minimum absolute atomic E-state index is 0.141. The third-order valence-corrected chi connectivity index (χ3v) is 7.00. The zero-order valence-corrected chi connectivity index (χ0v) is 18.9. The minimum Gasteiger partial charge on any atom is -0.390 e. The van der Waals surface area contributed by atoms with Crippen molar-refractivity contribution in [2.75, 3.05) is 0 Å². The number of ether oxygens (including phenoxy) is 1. The number of rotatable bonds is 4. The van der Waals surface area contributed by atoms with Gasteiger partial charge in [-0.15, -0.1) is 10.2 Å². The van der Waals surface area contributed by atoms with Crippen molar-refractivity contribution in [3.05, 3.63) is 75.8 Å². The number of para-hydroxylation sites is 1. The van der Waals surface area contributed by atoms with E-state index in [1.54, 1.807) is 6.07 Å². The quantitative estimate of drug-likeness (QED) is 0.457. The molecule has 0 spiro atoms. The average molecular weight is 468 g/mol. The fraction of sp³-hybridized carbons (Fsp3) is 0.292. The molecule has 1 fully saturated rings. The number of halogens is 1. The van der Waals surface area contributed by atoms with Gasteiger partial charge >= 0.3 is 0 Å². The number of aliphatic hydroxyl groups excluding tert-OH is 2. The number of pyridine rings is 1. The lowest BCUT2D eigenvalue weighted by Gasteiger charge is -2.36. The van der Waals surface area contributed by atoms with Gasteiger partial charge in [0.25, 0.3) is 0 Å². The Labute approximate surface area is 194 Å². The van der Waals surface area contributed by atoms with Gasteiger partial charge in [0.05, 0.1) is 17.7 Å². The number of aliphatic hydroxyl groups is 2. The van der Waals surface area contributed by atoms with E-state index in [1.165, 1.54) is 11.3 Å². The number of fused-ring (bicyclic) bond motifs is 1. The zero-order valence-electron chi connectivity index (χ0n) is 17.4. The molecule has 1 aliphatic heterocycles. The van der Waals surface area contributed by atoms with Gasteiger partial charge in [0.15, 0.2) is 5.01 Å². The Bertz CT molecular complexity index is 1260. The van der Waals surface area contributed by atoms with Crippen LogP contribution in [0.2, 0.25) is 5.02 Å². The molecule has 1 saturated heterocycles. The SMILES string of the molecule is C[C@@H]1C[C@H](O)[C@@H](O)[C@H](c2ccc(Cl)c(Cc3nnc(-c4ccc5ccccc5n4)s3)c2)O1. The number of nitrogens with zero attached hydrogens (tertiary/aromatic N) is 3. The van der Waals surface area contributed by atoms with E-state index < -0.39 is 18.3 Å². The molecule has 5 rings (SSSR count). The van der Waals surface area contributed by atoms with E-state index in [4.69, 9.17) is 21.3 Å². The van der Waals surface area contributed by atoms with Gasteiger partial charge in [-0.05, 0) is 36.2 Å². The van der Waals surface area contributed by atoms with Crippen LogP contribution in [0.25, 0.3) is 21.6 Å². The summed E-state index contributed by atoms with van der Waals surface area (Å²) in [5.41, 5.74) is 3.35. The fourth-order valence-corrected chi connectivity index (χ4v) is 5.04. The molecule has 0 radical (unpaired) electrons. The number of aromatic nitrogens is 3. The van der Waals surface area contributed by atoms with Crippen molar-refractivity contribution in [2.24, 2.45) is 0 Å². The average Bonchev–Trinajstić information content (AvgIpc) is 3.26. The highest BCUT2D eigenvalue weighted by Crippen LogP contribution is 2.34. The molecule has 2 aromatic heterocycles. The summed E-state index contributed by atoms with van der Waals surface area (Å²) < 4.78 is 5.91. The summed E-state index contributed by atoms with van der Waals surface area (Å²) in [6, 6.07) is 17.5. The Balaban J connectivity index is 1.40. The molecular formula is C24H22ClN3O3S. The van der Waals surface area contributed by atoms with Crippen LogP contribution in [0.1, 0.15) is 35.6 Å². The maximum atomic E-state index is 10.4. The van der Waals surface area contributed by atoms with E-state index in [2.05, 4.69) is 10.2 Å². The second-order valence-corrected chi connectivity index (χ2v) is 9.55. The number of hydrogen-bond acceptors (Lipinski definition) is 7. The van der Waals surface area contributed by atoms with Gasteiger partial charge in [0.1, 0.15) is 22.9 Å². The highest BCUT2D eigenvalue weighted by molar-refractivity contribution is 7.14. The molecule has 6 nitrogen and oxygen atoms in total. The molecule has 0 aliphatic carbocycles. The van der Waals surface area contributed by atoms with Gasteiger partial charge in [-0.25, -0.2) is 4.98 Å². The van der Waals surface area contributed by atoms with Crippen LogP contribution < -0.4 is 0 Å². The van der Waals surface area contributed by atoms with Gasteiger partial charge in [0.2, 0.25) is 0 Å². The van der Waals surface area contributed by atoms with Crippen molar-refractivity contribution < 1.29 is 14.9 Å². The molecule has 164 valence electrons. The Hall–Kier alpha value is -2.42. The number of benzene rings is 2. The second kappa shape index (κ2) is 8.84. The van der Waals surface area contributed by atoms with Crippen LogP contribution in [0, 0.1) is 0 Å². The molecule has 3 heterocycles. The van der Waals surface area contributed by atoms with Crippen LogP contribution in [0.3, 0.4) is 0 Å². The van der Waals surface area contributed by atoms with E-state index in [0.717, 1.165) is 37.7 Å². The van der Waals surface area contributed by atoms with Crippen LogP contribution >= 0.6 is 22.9 Å². The summed E-state index contributed by atoms with van der Waals surface area (Å²) in [7, 11) is 0. The molecule has 0 saturated carbocycles. The van der Waals surface area contributed by atoms with E-state index in [-0.39, 0.29) is 6.10 Å². The van der Waals surface area contributed by atoms with Crippen molar-refractivity contribution in [1.29, 1.82) is 0 Å². The van der Waals surface area contributed by atoms with Crippen LogP contribution in [-0.4, -0.2) is 43.7 Å². The van der Waals surface area contributed by atoms with Gasteiger partial charge in [-0.2, -0.15) is 0 Å². The molecule has 2 aromatic carbocycles. The monoisotopic (exact) mass is 467 g/mol. The van der Waals surface area contributed by atoms with Crippen molar-refractivity contribution >= 4 is 33.8 Å². The summed E-state index contributed by atoms with van der Waals surface area (Å²) in [6.45, 7) is 1.89. The van der Waals surface area contributed by atoms with Crippen LogP contribution in [0.5, 0.6) is 0 Å². The van der Waals surface area contributed by atoms with Gasteiger partial charge in [-0.1, -0.05) is 59.3 Å². The smallest absolute Gasteiger partial charge is 0.166 e.